The molecule has 3 heteroatoms. The second-order valence-electron chi connectivity index (χ2n) is 4.16. The van der Waals surface area contributed by atoms with Crippen LogP contribution < -0.4 is 5.32 Å². The van der Waals surface area contributed by atoms with Crippen molar-refractivity contribution in [3.8, 4) is 0 Å². The number of rotatable bonds is 4. The highest BCUT2D eigenvalue weighted by molar-refractivity contribution is 9.10. The van der Waals surface area contributed by atoms with Gasteiger partial charge in [0.25, 0.3) is 0 Å². The van der Waals surface area contributed by atoms with E-state index >= 15 is 0 Å². The van der Waals surface area contributed by atoms with Gasteiger partial charge in [-0.1, -0.05) is 30.3 Å². The van der Waals surface area contributed by atoms with Crippen LogP contribution in [0.4, 0.5) is 0 Å². The molecular formula is C14H16BrNO. The maximum Gasteiger partial charge on any atom is 0.169 e. The van der Waals surface area contributed by atoms with E-state index in [4.69, 9.17) is 4.42 Å². The molecule has 2 atom stereocenters. The van der Waals surface area contributed by atoms with Gasteiger partial charge in [-0.2, -0.15) is 0 Å². The molecule has 0 spiro atoms. The van der Waals surface area contributed by atoms with Crippen molar-refractivity contribution >= 4 is 15.9 Å². The third kappa shape index (κ3) is 3.20. The fourth-order valence-corrected chi connectivity index (χ4v) is 2.18. The highest BCUT2D eigenvalue weighted by Crippen LogP contribution is 2.23. The van der Waals surface area contributed by atoms with Crippen molar-refractivity contribution in [3.05, 3.63) is 58.5 Å². The van der Waals surface area contributed by atoms with Gasteiger partial charge >= 0.3 is 0 Å². The molecule has 2 unspecified atom stereocenters. The summed E-state index contributed by atoms with van der Waals surface area (Å²) in [6.07, 6.45) is 0. The van der Waals surface area contributed by atoms with Gasteiger partial charge in [0.05, 0.1) is 6.04 Å². The summed E-state index contributed by atoms with van der Waals surface area (Å²) in [7, 11) is 0. The Balaban J connectivity index is 2.02. The predicted octanol–water partition coefficient (Wildman–Crippen LogP) is 4.45. The van der Waals surface area contributed by atoms with E-state index in [-0.39, 0.29) is 6.04 Å². The van der Waals surface area contributed by atoms with Crippen LogP contribution in [-0.4, -0.2) is 0 Å². The van der Waals surface area contributed by atoms with E-state index in [1.54, 1.807) is 0 Å². The lowest BCUT2D eigenvalue weighted by molar-refractivity contribution is 0.394. The largest absolute Gasteiger partial charge is 0.453 e. The number of hydrogen-bond acceptors (Lipinski definition) is 2. The van der Waals surface area contributed by atoms with Gasteiger partial charge in [0.15, 0.2) is 4.67 Å². The van der Waals surface area contributed by atoms with Gasteiger partial charge in [-0.3, -0.25) is 0 Å². The van der Waals surface area contributed by atoms with Crippen LogP contribution in [0.15, 0.2) is 51.6 Å². The Bertz CT molecular complexity index is 466. The van der Waals surface area contributed by atoms with Crippen LogP contribution in [-0.2, 0) is 0 Å². The summed E-state index contributed by atoms with van der Waals surface area (Å²) in [6.45, 7) is 4.26. The van der Waals surface area contributed by atoms with Crippen LogP contribution in [0.5, 0.6) is 0 Å². The number of furan rings is 1. The molecule has 17 heavy (non-hydrogen) atoms. The third-order valence-electron chi connectivity index (χ3n) is 2.82. The molecule has 1 N–H and O–H groups in total. The Morgan fingerprint density at radius 1 is 1.00 bits per heavy atom. The molecule has 0 saturated heterocycles. The van der Waals surface area contributed by atoms with Crippen molar-refractivity contribution in [2.24, 2.45) is 0 Å². The predicted molar refractivity (Wildman–Crippen MR) is 72.8 cm³/mol. The van der Waals surface area contributed by atoms with Crippen LogP contribution in [0.25, 0.3) is 0 Å². The first kappa shape index (κ1) is 12.4. The monoisotopic (exact) mass is 293 g/mol. The average molecular weight is 294 g/mol. The molecule has 0 saturated carbocycles. The van der Waals surface area contributed by atoms with Crippen LogP contribution in [0.3, 0.4) is 0 Å². The molecule has 0 aliphatic heterocycles. The number of halogens is 1. The summed E-state index contributed by atoms with van der Waals surface area (Å²) in [5.74, 6) is 0.944. The van der Waals surface area contributed by atoms with Gasteiger partial charge in [0, 0.05) is 6.04 Å². The van der Waals surface area contributed by atoms with Crippen molar-refractivity contribution in [2.75, 3.05) is 0 Å². The number of hydrogen-bond donors (Lipinski definition) is 1. The highest BCUT2D eigenvalue weighted by atomic mass is 79.9. The Morgan fingerprint density at radius 3 is 2.29 bits per heavy atom. The first-order chi connectivity index (χ1) is 8.16. The third-order valence-corrected chi connectivity index (χ3v) is 3.25. The molecule has 0 amide bonds. The summed E-state index contributed by atoms with van der Waals surface area (Å²) in [5, 5.41) is 3.51. The van der Waals surface area contributed by atoms with Crippen molar-refractivity contribution in [3.63, 3.8) is 0 Å². The number of benzene rings is 1. The SMILES string of the molecule is CC(NC(C)c1ccc(Br)o1)c1ccccc1. The van der Waals surface area contributed by atoms with E-state index in [2.05, 4.69) is 59.4 Å². The molecule has 1 aromatic heterocycles. The smallest absolute Gasteiger partial charge is 0.169 e. The normalized spacial score (nSPS) is 14.5. The first-order valence-electron chi connectivity index (χ1n) is 5.73. The average Bonchev–Trinajstić information content (AvgIpc) is 2.77. The molecular weight excluding hydrogens is 278 g/mol. The summed E-state index contributed by atoms with van der Waals surface area (Å²) >= 11 is 3.32. The Kier molecular flexibility index (Phi) is 4.02. The molecule has 2 rings (SSSR count). The van der Waals surface area contributed by atoms with Crippen molar-refractivity contribution in [2.45, 2.75) is 25.9 Å². The van der Waals surface area contributed by atoms with Crippen LogP contribution >= 0.6 is 15.9 Å². The van der Waals surface area contributed by atoms with E-state index in [0.29, 0.717) is 6.04 Å². The van der Waals surface area contributed by atoms with Crippen LogP contribution in [0, 0.1) is 0 Å². The molecule has 0 radical (unpaired) electrons. The minimum absolute atomic E-state index is 0.191. The van der Waals surface area contributed by atoms with E-state index in [9.17, 15) is 0 Å². The zero-order chi connectivity index (χ0) is 12.3. The standard InChI is InChI=1S/C14H16BrNO/c1-10(12-6-4-3-5-7-12)16-11(2)13-8-9-14(15)17-13/h3-11,16H,1-2H3. The maximum absolute atomic E-state index is 5.54. The Hall–Kier alpha value is -1.06. The van der Waals surface area contributed by atoms with Crippen molar-refractivity contribution in [1.29, 1.82) is 0 Å². The van der Waals surface area contributed by atoms with Crippen LogP contribution in [0.1, 0.15) is 37.3 Å². The van der Waals surface area contributed by atoms with Crippen molar-refractivity contribution < 1.29 is 4.42 Å². The fourth-order valence-electron chi connectivity index (χ4n) is 1.86. The van der Waals surface area contributed by atoms with Crippen LogP contribution in [0.2, 0.25) is 0 Å². The zero-order valence-electron chi connectivity index (χ0n) is 9.98. The molecule has 1 aromatic carbocycles. The summed E-state index contributed by atoms with van der Waals surface area (Å²) in [6, 6.07) is 14.8. The molecule has 0 aliphatic carbocycles. The summed E-state index contributed by atoms with van der Waals surface area (Å²) in [4.78, 5) is 0. The van der Waals surface area contributed by atoms with E-state index < -0.39 is 0 Å². The molecule has 90 valence electrons. The molecule has 0 fully saturated rings. The van der Waals surface area contributed by atoms with E-state index in [0.717, 1.165) is 10.4 Å². The minimum atomic E-state index is 0.191. The van der Waals surface area contributed by atoms with Crippen molar-refractivity contribution in [1.82, 2.24) is 5.32 Å². The Morgan fingerprint density at radius 2 is 1.71 bits per heavy atom. The lowest BCUT2D eigenvalue weighted by Crippen LogP contribution is -2.22. The molecule has 0 bridgehead atoms. The molecule has 2 nitrogen and oxygen atoms in total. The first-order valence-corrected chi connectivity index (χ1v) is 6.52. The molecule has 0 aliphatic rings. The van der Waals surface area contributed by atoms with Gasteiger partial charge in [-0.15, -0.1) is 0 Å². The Labute approximate surface area is 110 Å². The molecule has 2 aromatic rings. The quantitative estimate of drug-likeness (QED) is 0.901. The lowest BCUT2D eigenvalue weighted by Gasteiger charge is -2.18. The van der Waals surface area contributed by atoms with Gasteiger partial charge in [0.1, 0.15) is 5.76 Å². The topological polar surface area (TPSA) is 25.2 Å². The summed E-state index contributed by atoms with van der Waals surface area (Å²) in [5.41, 5.74) is 1.28. The zero-order valence-corrected chi connectivity index (χ0v) is 11.6. The number of nitrogens with one attached hydrogen (secondary N) is 1. The van der Waals surface area contributed by atoms with E-state index in [1.807, 2.05) is 18.2 Å². The van der Waals surface area contributed by atoms with Gasteiger partial charge in [-0.25, -0.2) is 0 Å². The minimum Gasteiger partial charge on any atom is -0.453 e. The van der Waals surface area contributed by atoms with Gasteiger partial charge in [-0.05, 0) is 47.5 Å². The van der Waals surface area contributed by atoms with E-state index in [1.165, 1.54) is 5.56 Å². The lowest BCUT2D eigenvalue weighted by atomic mass is 10.1. The second-order valence-corrected chi connectivity index (χ2v) is 4.94. The molecule has 1 heterocycles. The van der Waals surface area contributed by atoms with Gasteiger partial charge < -0.3 is 9.73 Å². The maximum atomic E-state index is 5.54. The van der Waals surface area contributed by atoms with Gasteiger partial charge in [0.2, 0.25) is 0 Å². The fraction of sp³-hybridized carbons (Fsp3) is 0.286. The second kappa shape index (κ2) is 5.52. The summed E-state index contributed by atoms with van der Waals surface area (Å²) < 4.78 is 6.31. The highest BCUT2D eigenvalue weighted by Gasteiger charge is 2.13.